The summed E-state index contributed by atoms with van der Waals surface area (Å²) in [5.41, 5.74) is -0.400. The van der Waals surface area contributed by atoms with E-state index in [-0.39, 0.29) is 11.6 Å². The Balaban J connectivity index is 1.66. The number of nitro groups is 1. The predicted molar refractivity (Wildman–Crippen MR) is 128 cm³/mol. The first-order valence-corrected chi connectivity index (χ1v) is 10.4. The smallest absolute Gasteiger partial charge is 0.349 e. The van der Waals surface area contributed by atoms with Crippen molar-refractivity contribution >= 4 is 45.4 Å². The number of nitrogens with zero attached hydrogens (tertiary/aromatic N) is 4. The van der Waals surface area contributed by atoms with Crippen LogP contribution in [0, 0.1) is 13.7 Å². The Morgan fingerprint density at radius 2 is 2.00 bits per heavy atom. The number of ether oxygens (including phenoxy) is 2. The highest BCUT2D eigenvalue weighted by Gasteiger charge is 2.14. The van der Waals surface area contributed by atoms with Crippen molar-refractivity contribution in [1.29, 1.82) is 0 Å². The second kappa shape index (κ2) is 9.20. The fourth-order valence-corrected chi connectivity index (χ4v) is 3.68. The highest BCUT2D eigenvalue weighted by Crippen LogP contribution is 2.36. The summed E-state index contributed by atoms with van der Waals surface area (Å²) >= 11 is 2.02. The molecule has 4 aromatic rings. The molecule has 0 fully saturated rings. The molecule has 0 aliphatic rings. The van der Waals surface area contributed by atoms with E-state index in [4.69, 9.17) is 9.47 Å². The number of fused-ring (bicyclic) bond motifs is 1. The zero-order valence-corrected chi connectivity index (χ0v) is 19.0. The summed E-state index contributed by atoms with van der Waals surface area (Å²) in [6, 6.07) is 12.6. The molecular formula is C21H14IN5O6. The topological polar surface area (TPSA) is 142 Å². The summed E-state index contributed by atoms with van der Waals surface area (Å²) in [4.78, 5) is 41.7. The molecule has 0 bridgehead atoms. The lowest BCUT2D eigenvalue weighted by Gasteiger charge is -2.12. The van der Waals surface area contributed by atoms with Gasteiger partial charge in [-0.25, -0.2) is 9.78 Å². The Morgan fingerprint density at radius 1 is 1.21 bits per heavy atom. The highest BCUT2D eigenvalue weighted by atomic mass is 127. The number of pyridine rings is 1. The normalized spacial score (nSPS) is 11.1. The van der Waals surface area contributed by atoms with Gasteiger partial charge in [0.1, 0.15) is 6.20 Å². The summed E-state index contributed by atoms with van der Waals surface area (Å²) < 4.78 is 12.5. The van der Waals surface area contributed by atoms with Gasteiger partial charge in [-0.3, -0.25) is 14.9 Å². The third kappa shape index (κ3) is 4.59. The van der Waals surface area contributed by atoms with Crippen LogP contribution < -0.4 is 20.7 Å². The van der Waals surface area contributed by atoms with Gasteiger partial charge >= 0.3 is 5.69 Å². The zero-order valence-electron chi connectivity index (χ0n) is 16.9. The number of halogens is 1. The van der Waals surface area contributed by atoms with Crippen LogP contribution in [-0.4, -0.2) is 32.9 Å². The molecule has 0 aliphatic heterocycles. The Kier molecular flexibility index (Phi) is 6.17. The number of hydrogen-bond acceptors (Lipinski definition) is 8. The molecule has 0 radical (unpaired) electrons. The molecule has 0 saturated carbocycles. The van der Waals surface area contributed by atoms with Gasteiger partial charge in [-0.05, 0) is 52.4 Å². The second-order valence-electron chi connectivity index (χ2n) is 6.59. The Bertz CT molecular complexity index is 1510. The number of para-hydroxylation sites is 1. The van der Waals surface area contributed by atoms with Crippen molar-refractivity contribution < 1.29 is 14.4 Å². The van der Waals surface area contributed by atoms with Gasteiger partial charge in [-0.1, -0.05) is 12.1 Å². The molecule has 33 heavy (non-hydrogen) atoms. The van der Waals surface area contributed by atoms with E-state index in [1.54, 1.807) is 36.4 Å². The molecule has 2 heterocycles. The van der Waals surface area contributed by atoms with Crippen molar-refractivity contribution in [3.8, 4) is 17.4 Å². The van der Waals surface area contributed by atoms with Crippen LogP contribution in [0.4, 0.5) is 5.69 Å². The summed E-state index contributed by atoms with van der Waals surface area (Å²) in [6.07, 6.45) is 2.44. The van der Waals surface area contributed by atoms with E-state index in [9.17, 15) is 19.7 Å². The van der Waals surface area contributed by atoms with Gasteiger partial charge < -0.3 is 14.5 Å². The fraction of sp³-hybridized carbons (Fsp3) is 0.0476. The van der Waals surface area contributed by atoms with Crippen LogP contribution in [0.5, 0.6) is 17.4 Å². The predicted octanol–water partition coefficient (Wildman–Crippen LogP) is 3.28. The minimum absolute atomic E-state index is 0.146. The number of nitrogens with one attached hydrogen (secondary N) is 1. The van der Waals surface area contributed by atoms with Crippen molar-refractivity contribution in [3.63, 3.8) is 0 Å². The monoisotopic (exact) mass is 559 g/mol. The SMILES string of the molecule is COc1cc(C=Nn2c(=O)[nH]c3ccccc3c2=O)cc(I)c1Oc1ccc([N+](=O)[O-])cn1. The lowest BCUT2D eigenvalue weighted by Crippen LogP contribution is -2.32. The van der Waals surface area contributed by atoms with Gasteiger partial charge in [-0.2, -0.15) is 5.10 Å². The van der Waals surface area contributed by atoms with E-state index in [1.165, 1.54) is 25.5 Å². The molecule has 12 heteroatoms. The number of methoxy groups -OCH3 is 1. The number of aromatic amines is 1. The van der Waals surface area contributed by atoms with Crippen molar-refractivity contribution in [2.45, 2.75) is 0 Å². The zero-order chi connectivity index (χ0) is 23.5. The van der Waals surface area contributed by atoms with Crippen LogP contribution in [0.1, 0.15) is 5.56 Å². The second-order valence-corrected chi connectivity index (χ2v) is 7.75. The summed E-state index contributed by atoms with van der Waals surface area (Å²) in [5.74, 6) is 0.827. The van der Waals surface area contributed by atoms with E-state index < -0.39 is 16.2 Å². The molecule has 2 aromatic heterocycles. The molecule has 0 saturated heterocycles. The van der Waals surface area contributed by atoms with Crippen LogP contribution in [0.25, 0.3) is 10.9 Å². The van der Waals surface area contributed by atoms with Crippen LogP contribution in [0.3, 0.4) is 0 Å². The molecule has 0 aliphatic carbocycles. The molecule has 0 spiro atoms. The lowest BCUT2D eigenvalue weighted by atomic mass is 10.2. The van der Waals surface area contributed by atoms with Crippen molar-refractivity contribution in [2.75, 3.05) is 7.11 Å². The first-order chi connectivity index (χ1) is 15.9. The average molecular weight is 559 g/mol. The number of benzene rings is 2. The van der Waals surface area contributed by atoms with Crippen LogP contribution >= 0.6 is 22.6 Å². The number of H-pyrrole nitrogens is 1. The van der Waals surface area contributed by atoms with Crippen LogP contribution in [-0.2, 0) is 0 Å². The Labute approximate surface area is 198 Å². The minimum atomic E-state index is -0.666. The van der Waals surface area contributed by atoms with E-state index in [2.05, 4.69) is 15.1 Å². The number of aromatic nitrogens is 3. The van der Waals surface area contributed by atoms with E-state index in [0.29, 0.717) is 31.5 Å². The molecule has 4 rings (SSSR count). The maximum atomic E-state index is 12.6. The summed E-state index contributed by atoms with van der Waals surface area (Å²) in [7, 11) is 1.45. The average Bonchev–Trinajstić information content (AvgIpc) is 2.80. The number of rotatable bonds is 6. The van der Waals surface area contributed by atoms with E-state index in [1.807, 2.05) is 22.6 Å². The quantitative estimate of drug-likeness (QED) is 0.165. The highest BCUT2D eigenvalue weighted by molar-refractivity contribution is 14.1. The maximum Gasteiger partial charge on any atom is 0.349 e. The number of hydrogen-bond donors (Lipinski definition) is 1. The molecule has 0 atom stereocenters. The molecule has 2 aromatic carbocycles. The molecule has 0 unspecified atom stereocenters. The minimum Gasteiger partial charge on any atom is -0.493 e. The first-order valence-electron chi connectivity index (χ1n) is 9.31. The van der Waals surface area contributed by atoms with Crippen LogP contribution in [0.2, 0.25) is 0 Å². The molecule has 1 N–H and O–H groups in total. The van der Waals surface area contributed by atoms with Gasteiger partial charge in [0.25, 0.3) is 11.2 Å². The Hall–Kier alpha value is -4.07. The van der Waals surface area contributed by atoms with E-state index >= 15 is 0 Å². The lowest BCUT2D eigenvalue weighted by molar-refractivity contribution is -0.385. The molecule has 11 nitrogen and oxygen atoms in total. The van der Waals surface area contributed by atoms with Crippen molar-refractivity contribution in [1.82, 2.24) is 14.6 Å². The standard InChI is InChI=1S/C21H14IN5O6/c1-32-17-9-12(8-15(22)19(17)33-18-7-6-13(11-23-18)27(30)31)10-24-26-20(28)14-4-2-3-5-16(14)25-21(26)29/h2-11H,1H3,(H,25,29). The van der Waals surface area contributed by atoms with Gasteiger partial charge in [0, 0.05) is 12.1 Å². The van der Waals surface area contributed by atoms with Crippen molar-refractivity contribution in [2.24, 2.45) is 5.10 Å². The van der Waals surface area contributed by atoms with E-state index in [0.717, 1.165) is 10.9 Å². The molecular weight excluding hydrogens is 545 g/mol. The maximum absolute atomic E-state index is 12.6. The van der Waals surface area contributed by atoms with Gasteiger partial charge in [0.15, 0.2) is 11.5 Å². The molecule has 166 valence electrons. The van der Waals surface area contributed by atoms with Gasteiger partial charge in [0.05, 0.1) is 32.7 Å². The van der Waals surface area contributed by atoms with Gasteiger partial charge in [-0.15, -0.1) is 4.68 Å². The third-order valence-corrected chi connectivity index (χ3v) is 5.30. The molecule has 0 amide bonds. The van der Waals surface area contributed by atoms with Crippen LogP contribution in [0.15, 0.2) is 69.4 Å². The third-order valence-electron chi connectivity index (χ3n) is 4.50. The Morgan fingerprint density at radius 3 is 2.70 bits per heavy atom. The fourth-order valence-electron chi connectivity index (χ4n) is 2.94. The van der Waals surface area contributed by atoms with Crippen molar-refractivity contribution in [3.05, 3.63) is 94.8 Å². The van der Waals surface area contributed by atoms with Gasteiger partial charge in [0.2, 0.25) is 5.88 Å². The summed E-state index contributed by atoms with van der Waals surface area (Å²) in [6.45, 7) is 0. The largest absolute Gasteiger partial charge is 0.493 e. The first kappa shape index (κ1) is 22.1. The summed E-state index contributed by atoms with van der Waals surface area (Å²) in [5, 5.41) is 15.2.